The van der Waals surface area contributed by atoms with Crippen LogP contribution in [0.4, 0.5) is 0 Å². The minimum absolute atomic E-state index is 0.0378. The number of aliphatic imine (C=N–C) groups is 1. The largest absolute Gasteiger partial charge is 0.508 e. The highest BCUT2D eigenvalue weighted by atomic mass is 16.5. The topological polar surface area (TPSA) is 57.1 Å². The Morgan fingerprint density at radius 3 is 2.47 bits per heavy atom. The summed E-state index contributed by atoms with van der Waals surface area (Å²) in [5.41, 5.74) is 2.89. The van der Waals surface area contributed by atoms with Crippen molar-refractivity contribution in [3.8, 4) is 11.5 Å². The Morgan fingerprint density at radius 2 is 1.83 bits per heavy atom. The van der Waals surface area contributed by atoms with Crippen molar-refractivity contribution in [1.82, 2.24) is 10.2 Å². The van der Waals surface area contributed by atoms with Crippen molar-refractivity contribution in [3.05, 3.63) is 59.7 Å². The van der Waals surface area contributed by atoms with Crippen LogP contribution in [0.25, 0.3) is 0 Å². The molecule has 2 aromatic rings. The Hall–Kier alpha value is -2.37. The smallest absolute Gasteiger partial charge is 0.120 e. The number of phenols is 1. The molecule has 0 unspecified atom stereocenters. The summed E-state index contributed by atoms with van der Waals surface area (Å²) in [6.45, 7) is 9.22. The second kappa shape index (κ2) is 8.78. The van der Waals surface area contributed by atoms with E-state index in [1.807, 2.05) is 37.3 Å². The van der Waals surface area contributed by atoms with Gasteiger partial charge in [0.05, 0.1) is 6.61 Å². The Kier molecular flexibility index (Phi) is 6.11. The van der Waals surface area contributed by atoms with Gasteiger partial charge in [-0.2, -0.15) is 0 Å². The molecule has 2 aliphatic rings. The van der Waals surface area contributed by atoms with Gasteiger partial charge in [0.1, 0.15) is 17.2 Å². The van der Waals surface area contributed by atoms with Crippen molar-refractivity contribution < 1.29 is 9.84 Å². The molecule has 1 saturated heterocycles. The number of hydrogen-bond acceptors (Lipinski definition) is 5. The lowest BCUT2D eigenvalue weighted by Crippen LogP contribution is -2.56. The minimum Gasteiger partial charge on any atom is -0.508 e. The summed E-state index contributed by atoms with van der Waals surface area (Å²) < 4.78 is 5.61. The quantitative estimate of drug-likeness (QED) is 0.765. The Bertz CT molecular complexity index is 884. The highest BCUT2D eigenvalue weighted by Crippen LogP contribution is 2.37. The third-order valence-corrected chi connectivity index (χ3v) is 6.36. The van der Waals surface area contributed by atoms with E-state index in [1.54, 1.807) is 6.07 Å². The fourth-order valence-electron chi connectivity index (χ4n) is 4.63. The standard InChI is InChI=1S/C25H33N3O2/c1-4-30-20-11-9-19(10-12-20)22-17-23(21-7-5-6-8-24(21)29)27-25(26-22)13-15-28(16-14-25)18(2)3/h5-12,18,23,27,29H,4,13-17H2,1-3H3/t23-/m0/s1. The van der Waals surface area contributed by atoms with Gasteiger partial charge < -0.3 is 14.7 Å². The summed E-state index contributed by atoms with van der Waals surface area (Å²) in [4.78, 5) is 7.79. The molecule has 1 spiro atoms. The Balaban J connectivity index is 1.66. The van der Waals surface area contributed by atoms with E-state index in [-0.39, 0.29) is 11.7 Å². The zero-order valence-electron chi connectivity index (χ0n) is 18.3. The van der Waals surface area contributed by atoms with Gasteiger partial charge in [-0.25, -0.2) is 0 Å². The first-order valence-corrected chi connectivity index (χ1v) is 11.1. The van der Waals surface area contributed by atoms with Crippen LogP contribution in [-0.2, 0) is 0 Å². The van der Waals surface area contributed by atoms with Gasteiger partial charge in [0.25, 0.3) is 0 Å². The molecule has 1 fully saturated rings. The summed E-state index contributed by atoms with van der Waals surface area (Å²) in [5.74, 6) is 1.23. The Labute approximate surface area is 179 Å². The van der Waals surface area contributed by atoms with E-state index in [0.717, 1.165) is 54.9 Å². The molecule has 1 atom stereocenters. The normalized spacial score (nSPS) is 21.6. The van der Waals surface area contributed by atoms with Crippen molar-refractivity contribution in [2.45, 2.75) is 57.8 Å². The zero-order chi connectivity index (χ0) is 21.1. The average Bonchev–Trinajstić information content (AvgIpc) is 2.75. The van der Waals surface area contributed by atoms with E-state index in [2.05, 4.69) is 36.2 Å². The number of benzene rings is 2. The van der Waals surface area contributed by atoms with Gasteiger partial charge in [0.2, 0.25) is 0 Å². The van der Waals surface area contributed by atoms with Crippen LogP contribution in [0.15, 0.2) is 53.5 Å². The van der Waals surface area contributed by atoms with Gasteiger partial charge in [-0.05, 0) is 69.5 Å². The second-order valence-electron chi connectivity index (χ2n) is 8.64. The maximum atomic E-state index is 10.5. The molecule has 0 radical (unpaired) electrons. The molecule has 2 aliphatic heterocycles. The van der Waals surface area contributed by atoms with Gasteiger partial charge in [-0.3, -0.25) is 10.3 Å². The zero-order valence-corrected chi connectivity index (χ0v) is 18.3. The fraction of sp³-hybridized carbons (Fsp3) is 0.480. The van der Waals surface area contributed by atoms with Crippen molar-refractivity contribution in [2.75, 3.05) is 19.7 Å². The summed E-state index contributed by atoms with van der Waals surface area (Å²) in [6.07, 6.45) is 2.69. The van der Waals surface area contributed by atoms with E-state index in [4.69, 9.17) is 9.73 Å². The molecule has 0 amide bonds. The lowest BCUT2D eigenvalue weighted by atomic mass is 9.87. The van der Waals surface area contributed by atoms with Crippen LogP contribution in [0.3, 0.4) is 0 Å². The SMILES string of the molecule is CCOc1ccc(C2=NC3(CCN(C(C)C)CC3)N[C@H](c3ccccc3O)C2)cc1. The number of ether oxygens (including phenoxy) is 1. The average molecular weight is 408 g/mol. The molecule has 0 aromatic heterocycles. The van der Waals surface area contributed by atoms with Crippen LogP contribution in [0.5, 0.6) is 11.5 Å². The summed E-state index contributed by atoms with van der Waals surface area (Å²) in [7, 11) is 0. The maximum absolute atomic E-state index is 10.5. The first-order chi connectivity index (χ1) is 14.5. The van der Waals surface area contributed by atoms with Crippen molar-refractivity contribution in [2.24, 2.45) is 4.99 Å². The number of para-hydroxylation sites is 1. The Morgan fingerprint density at radius 1 is 1.13 bits per heavy atom. The first kappa shape index (κ1) is 20.9. The molecule has 0 bridgehead atoms. The van der Waals surface area contributed by atoms with Crippen LogP contribution in [0.2, 0.25) is 0 Å². The number of rotatable bonds is 5. The molecule has 30 heavy (non-hydrogen) atoms. The summed E-state index contributed by atoms with van der Waals surface area (Å²) in [5, 5.41) is 14.3. The van der Waals surface area contributed by atoms with Gasteiger partial charge >= 0.3 is 0 Å². The predicted molar refractivity (Wildman–Crippen MR) is 121 cm³/mol. The van der Waals surface area contributed by atoms with Crippen molar-refractivity contribution >= 4 is 5.71 Å². The number of piperidine rings is 1. The second-order valence-corrected chi connectivity index (χ2v) is 8.64. The molecular weight excluding hydrogens is 374 g/mol. The molecule has 0 saturated carbocycles. The number of nitrogens with one attached hydrogen (secondary N) is 1. The number of likely N-dealkylation sites (tertiary alicyclic amines) is 1. The van der Waals surface area contributed by atoms with Gasteiger partial charge in [0.15, 0.2) is 0 Å². The minimum atomic E-state index is -0.287. The maximum Gasteiger partial charge on any atom is 0.120 e. The molecule has 160 valence electrons. The van der Waals surface area contributed by atoms with E-state index < -0.39 is 0 Å². The highest BCUT2D eigenvalue weighted by Gasteiger charge is 2.40. The molecule has 0 aliphatic carbocycles. The molecule has 2 N–H and O–H groups in total. The third kappa shape index (κ3) is 4.37. The molecule has 2 heterocycles. The highest BCUT2D eigenvalue weighted by molar-refractivity contribution is 6.01. The number of aromatic hydroxyl groups is 1. The van der Waals surface area contributed by atoms with Crippen LogP contribution in [0.1, 0.15) is 57.2 Å². The third-order valence-electron chi connectivity index (χ3n) is 6.36. The monoisotopic (exact) mass is 407 g/mol. The van der Waals surface area contributed by atoms with Gasteiger partial charge in [-0.1, -0.05) is 18.2 Å². The molecule has 4 rings (SSSR count). The van der Waals surface area contributed by atoms with Gasteiger partial charge in [0, 0.05) is 42.9 Å². The molecule has 2 aromatic carbocycles. The van der Waals surface area contributed by atoms with Crippen LogP contribution < -0.4 is 10.1 Å². The van der Waals surface area contributed by atoms with Gasteiger partial charge in [-0.15, -0.1) is 0 Å². The number of phenolic OH excluding ortho intramolecular Hbond substituents is 1. The van der Waals surface area contributed by atoms with E-state index >= 15 is 0 Å². The number of hydrogen-bond donors (Lipinski definition) is 2. The van der Waals surface area contributed by atoms with E-state index in [1.165, 1.54) is 0 Å². The summed E-state index contributed by atoms with van der Waals surface area (Å²) >= 11 is 0. The van der Waals surface area contributed by atoms with Crippen LogP contribution in [-0.4, -0.2) is 47.1 Å². The van der Waals surface area contributed by atoms with Crippen molar-refractivity contribution in [1.29, 1.82) is 0 Å². The lowest BCUT2D eigenvalue weighted by Gasteiger charge is -2.46. The first-order valence-electron chi connectivity index (χ1n) is 11.1. The van der Waals surface area contributed by atoms with Crippen LogP contribution >= 0.6 is 0 Å². The molecule has 5 nitrogen and oxygen atoms in total. The molecule has 5 heteroatoms. The lowest BCUT2D eigenvalue weighted by molar-refractivity contribution is 0.103. The van der Waals surface area contributed by atoms with E-state index in [9.17, 15) is 5.11 Å². The number of nitrogens with zero attached hydrogens (tertiary/aromatic N) is 2. The predicted octanol–water partition coefficient (Wildman–Crippen LogP) is 4.52. The van der Waals surface area contributed by atoms with Crippen LogP contribution in [0, 0.1) is 0 Å². The molecular formula is C25H33N3O2. The van der Waals surface area contributed by atoms with Crippen molar-refractivity contribution in [3.63, 3.8) is 0 Å². The summed E-state index contributed by atoms with van der Waals surface area (Å²) in [6, 6.07) is 16.5. The van der Waals surface area contributed by atoms with E-state index in [0.29, 0.717) is 18.4 Å². The fourth-order valence-corrected chi connectivity index (χ4v) is 4.63.